The Morgan fingerprint density at radius 2 is 2.00 bits per heavy atom. The van der Waals surface area contributed by atoms with Crippen molar-refractivity contribution in [2.45, 2.75) is 59.8 Å². The Labute approximate surface area is 90.1 Å². The molecule has 1 atom stereocenters. The van der Waals surface area contributed by atoms with Crippen LogP contribution in [0, 0.1) is 5.92 Å². The highest BCUT2D eigenvalue weighted by atomic mass is 14.1. The minimum absolute atomic E-state index is 0.770. The highest BCUT2D eigenvalue weighted by Crippen LogP contribution is 2.18. The molecule has 0 rings (SSSR count). The molecule has 0 heteroatoms. The Bertz CT molecular complexity index is 174. The Hall–Kier alpha value is -0.520. The normalized spacial score (nSPS) is 15.0. The zero-order chi connectivity index (χ0) is 10.8. The summed E-state index contributed by atoms with van der Waals surface area (Å²) in [4.78, 5) is 0. The van der Waals surface area contributed by atoms with Gasteiger partial charge in [-0.25, -0.2) is 0 Å². The van der Waals surface area contributed by atoms with Crippen molar-refractivity contribution < 1.29 is 0 Å². The van der Waals surface area contributed by atoms with Crippen LogP contribution in [0.4, 0.5) is 0 Å². The van der Waals surface area contributed by atoms with Gasteiger partial charge in [0.1, 0.15) is 0 Å². The molecule has 0 aromatic carbocycles. The van der Waals surface area contributed by atoms with Crippen molar-refractivity contribution in [3.8, 4) is 0 Å². The molecule has 0 N–H and O–H groups in total. The van der Waals surface area contributed by atoms with Crippen LogP contribution in [0.1, 0.15) is 59.8 Å². The number of rotatable bonds is 7. The molecule has 14 heavy (non-hydrogen) atoms. The van der Waals surface area contributed by atoms with E-state index in [9.17, 15) is 0 Å². The first-order valence-corrected chi connectivity index (χ1v) is 6.00. The summed E-state index contributed by atoms with van der Waals surface area (Å²) in [5.41, 5.74) is 1.55. The summed E-state index contributed by atoms with van der Waals surface area (Å²) < 4.78 is 0. The smallest absolute Gasteiger partial charge is 0.0167 e. The first kappa shape index (κ1) is 13.5. The fourth-order valence-electron chi connectivity index (χ4n) is 1.52. The molecular weight excluding hydrogens is 168 g/mol. The average Bonchev–Trinajstić information content (AvgIpc) is 2.18. The van der Waals surface area contributed by atoms with Crippen LogP contribution in [0.15, 0.2) is 23.8 Å². The molecule has 0 aliphatic carbocycles. The fraction of sp³-hybridized carbons (Fsp3) is 0.714. The highest BCUT2D eigenvalue weighted by molar-refractivity contribution is 5.04. The van der Waals surface area contributed by atoms with Crippen LogP contribution in [0.25, 0.3) is 0 Å². The molecule has 82 valence electrons. The molecule has 0 saturated heterocycles. The molecule has 0 aromatic rings. The number of allylic oxidation sites excluding steroid dienone is 4. The molecule has 0 fully saturated rings. The van der Waals surface area contributed by atoms with Gasteiger partial charge in [-0.3, -0.25) is 0 Å². The molecule has 0 heterocycles. The Kier molecular flexibility index (Phi) is 8.72. The number of unbranched alkanes of at least 4 members (excludes halogenated alkanes) is 2. The largest absolute Gasteiger partial charge is 0.0914 e. The first-order chi connectivity index (χ1) is 6.72. The van der Waals surface area contributed by atoms with E-state index in [1.54, 1.807) is 5.57 Å². The number of hydrogen-bond donors (Lipinski definition) is 0. The lowest BCUT2D eigenvalue weighted by molar-refractivity contribution is 0.553. The molecule has 0 spiro atoms. The minimum Gasteiger partial charge on any atom is -0.0914 e. The average molecular weight is 194 g/mol. The van der Waals surface area contributed by atoms with Crippen LogP contribution in [-0.4, -0.2) is 0 Å². The van der Waals surface area contributed by atoms with E-state index < -0.39 is 0 Å². The van der Waals surface area contributed by atoms with Gasteiger partial charge in [-0.1, -0.05) is 56.9 Å². The van der Waals surface area contributed by atoms with Crippen molar-refractivity contribution in [2.75, 3.05) is 0 Å². The van der Waals surface area contributed by atoms with Crippen LogP contribution in [0.2, 0.25) is 0 Å². The van der Waals surface area contributed by atoms with Crippen molar-refractivity contribution in [1.82, 2.24) is 0 Å². The molecule has 1 unspecified atom stereocenters. The quantitative estimate of drug-likeness (QED) is 0.390. The second kappa shape index (κ2) is 9.05. The third-order valence-electron chi connectivity index (χ3n) is 2.83. The molecule has 0 amide bonds. The monoisotopic (exact) mass is 194 g/mol. The van der Waals surface area contributed by atoms with Crippen LogP contribution in [0.5, 0.6) is 0 Å². The molecule has 0 aliphatic heterocycles. The van der Waals surface area contributed by atoms with Gasteiger partial charge in [0.05, 0.1) is 0 Å². The van der Waals surface area contributed by atoms with Crippen molar-refractivity contribution in [3.05, 3.63) is 23.8 Å². The third-order valence-corrected chi connectivity index (χ3v) is 2.83. The molecule has 0 radical (unpaired) electrons. The van der Waals surface area contributed by atoms with Gasteiger partial charge in [0, 0.05) is 0 Å². The lowest BCUT2D eigenvalue weighted by atomic mass is 9.95. The Balaban J connectivity index is 3.73. The summed E-state index contributed by atoms with van der Waals surface area (Å²) >= 11 is 0. The topological polar surface area (TPSA) is 0 Å². The predicted octanol–water partition coefficient (Wildman–Crippen LogP) is 5.12. The van der Waals surface area contributed by atoms with E-state index >= 15 is 0 Å². The lowest BCUT2D eigenvalue weighted by Gasteiger charge is -2.11. The van der Waals surface area contributed by atoms with Gasteiger partial charge in [0.15, 0.2) is 0 Å². The summed E-state index contributed by atoms with van der Waals surface area (Å²) in [6.07, 6.45) is 13.2. The van der Waals surface area contributed by atoms with E-state index in [1.165, 1.54) is 25.7 Å². The lowest BCUT2D eigenvalue weighted by Crippen LogP contribution is -1.96. The summed E-state index contributed by atoms with van der Waals surface area (Å²) in [6.45, 7) is 8.95. The minimum atomic E-state index is 0.770. The first-order valence-electron chi connectivity index (χ1n) is 6.00. The van der Waals surface area contributed by atoms with Crippen molar-refractivity contribution in [3.63, 3.8) is 0 Å². The van der Waals surface area contributed by atoms with Gasteiger partial charge in [-0.15, -0.1) is 0 Å². The summed E-state index contributed by atoms with van der Waals surface area (Å²) in [6, 6.07) is 0. The third kappa shape index (κ3) is 6.94. The summed E-state index contributed by atoms with van der Waals surface area (Å²) in [5.74, 6) is 0.770. The van der Waals surface area contributed by atoms with Crippen molar-refractivity contribution >= 4 is 0 Å². The van der Waals surface area contributed by atoms with Gasteiger partial charge in [-0.05, 0) is 32.6 Å². The molecule has 0 aromatic heterocycles. The van der Waals surface area contributed by atoms with Crippen LogP contribution in [-0.2, 0) is 0 Å². The van der Waals surface area contributed by atoms with Gasteiger partial charge in [0.2, 0.25) is 0 Å². The molecule has 0 saturated carbocycles. The Morgan fingerprint density at radius 3 is 2.57 bits per heavy atom. The van der Waals surface area contributed by atoms with Crippen molar-refractivity contribution in [1.29, 1.82) is 0 Å². The molecule has 0 nitrogen and oxygen atoms in total. The zero-order valence-corrected chi connectivity index (χ0v) is 10.3. The maximum atomic E-state index is 2.36. The molecule has 0 bridgehead atoms. The van der Waals surface area contributed by atoms with Crippen LogP contribution in [0.3, 0.4) is 0 Å². The van der Waals surface area contributed by atoms with E-state index in [1.807, 2.05) is 0 Å². The maximum absolute atomic E-state index is 2.36. The fourth-order valence-corrected chi connectivity index (χ4v) is 1.52. The van der Waals surface area contributed by atoms with Gasteiger partial charge in [-0.2, -0.15) is 0 Å². The maximum Gasteiger partial charge on any atom is -0.0167 e. The predicted molar refractivity (Wildman–Crippen MR) is 66.5 cm³/mol. The van der Waals surface area contributed by atoms with Crippen LogP contribution >= 0.6 is 0 Å². The number of hydrogen-bond acceptors (Lipinski definition) is 0. The van der Waals surface area contributed by atoms with E-state index in [0.29, 0.717) is 0 Å². The van der Waals surface area contributed by atoms with E-state index in [-0.39, 0.29) is 0 Å². The summed E-state index contributed by atoms with van der Waals surface area (Å²) in [7, 11) is 0. The van der Waals surface area contributed by atoms with E-state index in [0.717, 1.165) is 12.3 Å². The SMILES string of the molecule is CC=CCC=C(C)C(C)CCCCC. The molecular formula is C14H26. The standard InChI is InChI=1S/C14H26/c1-5-7-9-11-13(3)14(4)12-10-8-6-2/h5,7,11,14H,6,8-10,12H2,1-4H3. The highest BCUT2D eigenvalue weighted by Gasteiger charge is 2.02. The second-order valence-electron chi connectivity index (χ2n) is 4.15. The van der Waals surface area contributed by atoms with Crippen molar-refractivity contribution in [2.24, 2.45) is 5.92 Å². The van der Waals surface area contributed by atoms with Gasteiger partial charge in [0.25, 0.3) is 0 Å². The molecule has 0 aliphatic rings. The van der Waals surface area contributed by atoms with Gasteiger partial charge < -0.3 is 0 Å². The zero-order valence-electron chi connectivity index (χ0n) is 10.3. The summed E-state index contributed by atoms with van der Waals surface area (Å²) in [5, 5.41) is 0. The van der Waals surface area contributed by atoms with E-state index in [2.05, 4.69) is 45.9 Å². The second-order valence-corrected chi connectivity index (χ2v) is 4.15. The van der Waals surface area contributed by atoms with Crippen LogP contribution < -0.4 is 0 Å². The Morgan fingerprint density at radius 1 is 1.29 bits per heavy atom. The van der Waals surface area contributed by atoms with E-state index in [4.69, 9.17) is 0 Å². The van der Waals surface area contributed by atoms with Gasteiger partial charge >= 0.3 is 0 Å².